The van der Waals surface area contributed by atoms with Crippen LogP contribution in [-0.2, 0) is 21.7 Å². The number of nitrogens with zero attached hydrogens (tertiary/aromatic N) is 4. The van der Waals surface area contributed by atoms with Crippen LogP contribution in [0.15, 0.2) is 188 Å². The van der Waals surface area contributed by atoms with Gasteiger partial charge in [-0.1, -0.05) is 196 Å². The zero-order valence-corrected chi connectivity index (χ0v) is 41.8. The molecule has 0 saturated heterocycles. The monoisotopic (exact) mass is 1010 g/mol. The van der Waals surface area contributed by atoms with Crippen molar-refractivity contribution in [1.82, 2.24) is 14.1 Å². The average molecular weight is 1010 g/mol. The fourth-order valence-electron chi connectivity index (χ4n) is 10.1. The Morgan fingerprint density at radius 2 is 1.35 bits per heavy atom. The van der Waals surface area contributed by atoms with Crippen LogP contribution in [0.3, 0.4) is 0 Å². The van der Waals surface area contributed by atoms with E-state index in [0.29, 0.717) is 33.2 Å². The molecule has 3 heterocycles. The molecule has 0 N–H and O–H groups in total. The Labute approximate surface area is 482 Å². The van der Waals surface area contributed by atoms with Crippen LogP contribution in [-0.4, -0.2) is 14.1 Å². The Morgan fingerprint density at radius 3 is 2.09 bits per heavy atom. The molecular weight excluding hydrogens is 913 g/mol. The van der Waals surface area contributed by atoms with Gasteiger partial charge >= 0.3 is 0 Å². The van der Waals surface area contributed by atoms with Gasteiger partial charge in [-0.15, -0.1) is 0 Å². The number of ether oxygens (including phenoxy) is 1. The highest BCUT2D eigenvalue weighted by Crippen LogP contribution is 2.51. The number of hydrogen-bond donors (Lipinski definition) is 0. The van der Waals surface area contributed by atoms with E-state index in [9.17, 15) is 4.11 Å². The number of fused-ring (bicyclic) bond motifs is 5. The number of para-hydroxylation sites is 1. The maximum Gasteiger partial charge on any atom is 0.269 e. The molecule has 75 heavy (non-hydrogen) atoms. The van der Waals surface area contributed by atoms with E-state index in [1.54, 1.807) is 86.5 Å². The second-order valence-electron chi connectivity index (χ2n) is 21.1. The summed E-state index contributed by atoms with van der Waals surface area (Å²) in [6, 6.07) is 19.3. The third kappa shape index (κ3) is 8.43. The van der Waals surface area contributed by atoms with E-state index in [2.05, 4.69) is 6.33 Å². The third-order valence-electron chi connectivity index (χ3n) is 13.8. The van der Waals surface area contributed by atoms with E-state index < -0.39 is 158 Å². The van der Waals surface area contributed by atoms with E-state index in [4.69, 9.17) is 44.0 Å². The van der Waals surface area contributed by atoms with Crippen molar-refractivity contribution in [3.63, 3.8) is 0 Å². The van der Waals surface area contributed by atoms with Crippen molar-refractivity contribution >= 4 is 32.8 Å². The second kappa shape index (κ2) is 17.6. The Morgan fingerprint density at radius 1 is 0.613 bits per heavy atom. The molecule has 0 unspecified atom stereocenters. The first-order valence-corrected chi connectivity index (χ1v) is 24.3. The van der Waals surface area contributed by atoms with Crippen molar-refractivity contribution in [2.24, 2.45) is 0 Å². The highest BCUT2D eigenvalue weighted by atomic mass is 16.5. The van der Waals surface area contributed by atoms with Crippen LogP contribution in [0.5, 0.6) is 11.5 Å². The second-order valence-corrected chi connectivity index (χ2v) is 21.1. The van der Waals surface area contributed by atoms with Crippen LogP contribution in [0.2, 0.25) is 0 Å². The Kier molecular flexibility index (Phi) is 6.08. The topological polar surface area (TPSA) is 35.9 Å². The van der Waals surface area contributed by atoms with Crippen molar-refractivity contribution in [3.8, 4) is 62.1 Å². The minimum atomic E-state index is -3.77. The summed E-state index contributed by atoms with van der Waals surface area (Å²) in [6.07, 6.45) is 3.02. The molecule has 3 aromatic heterocycles. The van der Waals surface area contributed by atoms with Crippen molar-refractivity contribution in [2.75, 3.05) is 0 Å². The minimum Gasteiger partial charge on any atom is -0.458 e. The summed E-state index contributed by atoms with van der Waals surface area (Å²) in [5, 5.41) is 1.41. The van der Waals surface area contributed by atoms with Gasteiger partial charge < -0.3 is 4.74 Å². The van der Waals surface area contributed by atoms with Gasteiger partial charge in [-0.2, -0.15) is 0 Å². The van der Waals surface area contributed by atoms with Crippen molar-refractivity contribution < 1.29 is 47.7 Å². The first-order chi connectivity index (χ1) is 47.4. The van der Waals surface area contributed by atoms with E-state index in [1.165, 1.54) is 18.3 Å². The first-order valence-electron chi connectivity index (χ1n) is 38.3. The first kappa shape index (κ1) is 26.0. The summed E-state index contributed by atoms with van der Waals surface area (Å²) in [5.74, 6) is 0.549. The standard InChI is InChI=1S/C70H66N4O/c1-45-35-65(71-42-57(45)47-23-16-13-17-24-47)74-61-28-19-18-27-54(61)55-32-31-53(41-63(55)74)75-52-26-20-25-51(40-52)72-44-73(62-34-30-48(37-64(62)72)46-21-14-12-15-22-46)66-56(38-50(67(2,3)4)39-60(66)68(5,6)7)49-29-33-58-59(36-49)70(10,11)43-69(58,8)9/h12-42H,43H2,1-11H3/i1D3,8D3,9D3,10D3,11D3,12D,13D,14D,15D,16D,17D,21D,22D,23D,24D,29D,33D,36D. The quantitative estimate of drug-likeness (QED) is 0.112. The van der Waals surface area contributed by atoms with Gasteiger partial charge in [-0.3, -0.25) is 13.7 Å². The largest absolute Gasteiger partial charge is 0.458 e. The van der Waals surface area contributed by atoms with Crippen LogP contribution in [0.4, 0.5) is 0 Å². The fourth-order valence-corrected chi connectivity index (χ4v) is 10.1. The molecule has 1 aliphatic rings. The molecule has 11 aromatic rings. The number of pyridine rings is 1. The van der Waals surface area contributed by atoms with Crippen molar-refractivity contribution in [2.45, 2.75) is 104 Å². The highest BCUT2D eigenvalue weighted by Gasteiger charge is 2.42. The molecule has 372 valence electrons. The number of aryl methyl sites for hydroxylation is 1. The van der Waals surface area contributed by atoms with Crippen molar-refractivity contribution in [3.05, 3.63) is 222 Å². The lowest BCUT2D eigenvalue weighted by Crippen LogP contribution is -2.35. The number of aromatic nitrogens is 4. The lowest BCUT2D eigenvalue weighted by atomic mass is 9.77. The molecule has 0 radical (unpaired) electrons. The number of imidazole rings is 1. The number of benzene rings is 8. The molecule has 0 atom stereocenters. The molecular formula is C70H66N4O. The maximum absolute atomic E-state index is 10.3. The number of hydrogen-bond acceptors (Lipinski definition) is 2. The summed E-state index contributed by atoms with van der Waals surface area (Å²) in [7, 11) is 0. The van der Waals surface area contributed by atoms with Gasteiger partial charge in [-0.25, -0.2) is 4.98 Å². The van der Waals surface area contributed by atoms with E-state index in [1.807, 2.05) is 59.7 Å². The molecule has 0 amide bonds. The van der Waals surface area contributed by atoms with Crippen molar-refractivity contribution in [1.29, 1.82) is 0 Å². The molecule has 0 spiro atoms. The van der Waals surface area contributed by atoms with E-state index >= 15 is 0 Å². The summed E-state index contributed by atoms with van der Waals surface area (Å²) in [5.41, 5.74) is -9.21. The molecule has 0 fully saturated rings. The molecule has 1 aliphatic carbocycles. The summed E-state index contributed by atoms with van der Waals surface area (Å²) < 4.78 is 261. The molecule has 12 rings (SSSR count). The van der Waals surface area contributed by atoms with Crippen LogP contribution in [0.25, 0.3) is 83.4 Å². The van der Waals surface area contributed by atoms with E-state index in [0.717, 1.165) is 5.39 Å². The van der Waals surface area contributed by atoms with Gasteiger partial charge in [0, 0.05) is 49.2 Å². The zero-order chi connectivity index (χ0) is 76.0. The van der Waals surface area contributed by atoms with Gasteiger partial charge in [0.05, 0.1) is 51.3 Å². The van der Waals surface area contributed by atoms with Crippen LogP contribution in [0.1, 0.15) is 142 Å². The third-order valence-corrected chi connectivity index (χ3v) is 13.8. The maximum atomic E-state index is 10.3. The number of rotatable bonds is 8. The minimum absolute atomic E-state index is 0.0800. The Balaban J connectivity index is 1.12. The Hall–Kier alpha value is -8.02. The molecule has 0 bridgehead atoms. The molecule has 5 heteroatoms. The fraction of sp³-hybridized carbons (Fsp3) is 0.229. The van der Waals surface area contributed by atoms with Gasteiger partial charge in [0.25, 0.3) is 6.33 Å². The van der Waals surface area contributed by atoms with E-state index in [-0.39, 0.29) is 67.4 Å². The summed E-state index contributed by atoms with van der Waals surface area (Å²) >= 11 is 0. The smallest absolute Gasteiger partial charge is 0.269 e. The zero-order valence-electron chi connectivity index (χ0n) is 69.8. The lowest BCUT2D eigenvalue weighted by Gasteiger charge is -2.30. The molecule has 0 aliphatic heterocycles. The highest BCUT2D eigenvalue weighted by molar-refractivity contribution is 6.09. The van der Waals surface area contributed by atoms with Gasteiger partial charge in [0.1, 0.15) is 17.3 Å². The van der Waals surface area contributed by atoms with Crippen LogP contribution >= 0.6 is 0 Å². The van der Waals surface area contributed by atoms with Gasteiger partial charge in [0.2, 0.25) is 0 Å². The van der Waals surface area contributed by atoms with Crippen LogP contribution < -0.4 is 9.30 Å². The van der Waals surface area contributed by atoms with Gasteiger partial charge in [0.15, 0.2) is 0 Å². The normalized spacial score (nSPS) is 20.5. The molecule has 5 nitrogen and oxygen atoms in total. The van der Waals surface area contributed by atoms with Gasteiger partial charge in [-0.05, 0) is 139 Å². The summed E-state index contributed by atoms with van der Waals surface area (Å²) in [4.78, 5) is 4.69. The predicted molar refractivity (Wildman–Crippen MR) is 311 cm³/mol. The lowest BCUT2D eigenvalue weighted by molar-refractivity contribution is -0.572. The average Bonchev–Trinajstić information content (AvgIpc) is 1.49. The summed E-state index contributed by atoms with van der Waals surface area (Å²) in [6.45, 7) is -6.72. The SMILES string of the molecule is [2H]c1c([2H])c([2H])c(-c2ccc3c(c2)n(-c2cccc(Oc4ccc5c6ccccc6n(-c6cc(C([2H])([2H])[2H])c(-c7c([2H])c([2H])c([2H])c([2H])c7[2H])cn6)c5c4)c2)[c-][n+]3-c2c(-c3c([2H])c([2H])c4c(c3[2H])C(C([2H])([2H])[2H])(C([2H])([2H])[2H])CC4(C([2H])([2H])[2H])C([2H])([2H])[2H])cc(C(C)(C)C)cc2C(C)(C)C)c([2H])c1[2H]. The van der Waals surface area contributed by atoms with Crippen LogP contribution in [0, 0.1) is 13.2 Å². The molecule has 8 aromatic carbocycles. The molecule has 0 saturated carbocycles. The predicted octanol–water partition coefficient (Wildman–Crippen LogP) is 17.9. The Bertz CT molecular complexity index is 5320.